The smallest absolute Gasteiger partial charge is 0.0698 e. The molecule has 0 amide bonds. The molecular weight excluding hydrogens is 192 g/mol. The van der Waals surface area contributed by atoms with Crippen molar-refractivity contribution in [1.29, 1.82) is 0 Å². The average Bonchev–Trinajstić information content (AvgIpc) is 2.30. The van der Waals surface area contributed by atoms with E-state index < -0.39 is 0 Å². The van der Waals surface area contributed by atoms with Crippen LogP contribution in [-0.4, -0.2) is 55.0 Å². The normalized spacial score (nSPS) is 27.6. The Balaban J connectivity index is 2.51. The lowest BCUT2D eigenvalue weighted by Crippen LogP contribution is -2.54. The third-order valence-electron chi connectivity index (χ3n) is 3.36. The minimum absolute atomic E-state index is 0.0607. The first-order valence-electron chi connectivity index (χ1n) is 5.86. The zero-order chi connectivity index (χ0) is 11.3. The first-order chi connectivity index (χ1) is 7.22. The Morgan fingerprint density at radius 3 is 2.87 bits per heavy atom. The van der Waals surface area contributed by atoms with E-state index in [-0.39, 0.29) is 18.7 Å². The van der Waals surface area contributed by atoms with Crippen LogP contribution in [0.2, 0.25) is 0 Å². The fourth-order valence-corrected chi connectivity index (χ4v) is 2.25. The topological polar surface area (TPSA) is 58.7 Å². The van der Waals surface area contributed by atoms with E-state index in [0.717, 1.165) is 32.4 Å². The van der Waals surface area contributed by atoms with Crippen molar-refractivity contribution in [1.82, 2.24) is 4.90 Å². The predicted octanol–water partition coefficient (Wildman–Crippen LogP) is 0.195. The van der Waals surface area contributed by atoms with Crippen LogP contribution in [0.4, 0.5) is 0 Å². The fourth-order valence-electron chi connectivity index (χ4n) is 2.25. The van der Waals surface area contributed by atoms with Gasteiger partial charge in [0, 0.05) is 25.7 Å². The first kappa shape index (κ1) is 12.9. The number of aliphatic hydroxyl groups excluding tert-OH is 1. The Morgan fingerprint density at radius 1 is 1.60 bits per heavy atom. The van der Waals surface area contributed by atoms with Crippen molar-refractivity contribution in [3.8, 4) is 0 Å². The number of nitrogens with two attached hydrogens (primary N) is 1. The van der Waals surface area contributed by atoms with E-state index in [1.807, 2.05) is 0 Å². The summed E-state index contributed by atoms with van der Waals surface area (Å²) in [4.78, 5) is 2.27. The maximum Gasteiger partial charge on any atom is 0.0698 e. The SMILES string of the molecule is CCC(N)C(CO)N1CCCC(OC)C1. The van der Waals surface area contributed by atoms with Crippen molar-refractivity contribution in [3.05, 3.63) is 0 Å². The van der Waals surface area contributed by atoms with Crippen LogP contribution in [0.3, 0.4) is 0 Å². The van der Waals surface area contributed by atoms with Gasteiger partial charge in [-0.2, -0.15) is 0 Å². The summed E-state index contributed by atoms with van der Waals surface area (Å²) in [5, 5.41) is 9.38. The van der Waals surface area contributed by atoms with E-state index in [1.165, 1.54) is 0 Å². The van der Waals surface area contributed by atoms with Crippen LogP contribution in [0.15, 0.2) is 0 Å². The lowest BCUT2D eigenvalue weighted by atomic mass is 10.0. The molecule has 90 valence electrons. The molecule has 1 aliphatic rings. The molecule has 1 aliphatic heterocycles. The minimum Gasteiger partial charge on any atom is -0.395 e. The molecule has 1 saturated heterocycles. The van der Waals surface area contributed by atoms with E-state index in [1.54, 1.807) is 7.11 Å². The summed E-state index contributed by atoms with van der Waals surface area (Å²) in [6.07, 6.45) is 3.45. The van der Waals surface area contributed by atoms with Crippen LogP contribution < -0.4 is 5.73 Å². The number of piperidine rings is 1. The Morgan fingerprint density at radius 2 is 2.33 bits per heavy atom. The van der Waals surface area contributed by atoms with Crippen molar-refractivity contribution in [2.45, 2.75) is 44.4 Å². The molecule has 0 aromatic heterocycles. The standard InChI is InChI=1S/C11H24N2O2/c1-3-10(12)11(8-14)13-6-4-5-9(7-13)15-2/h9-11,14H,3-8,12H2,1-2H3. The van der Waals surface area contributed by atoms with Gasteiger partial charge < -0.3 is 15.6 Å². The molecule has 0 aliphatic carbocycles. The van der Waals surface area contributed by atoms with E-state index in [2.05, 4.69) is 11.8 Å². The number of ether oxygens (including phenoxy) is 1. The highest BCUT2D eigenvalue weighted by Gasteiger charge is 2.28. The molecule has 3 unspecified atom stereocenters. The van der Waals surface area contributed by atoms with Crippen LogP contribution >= 0.6 is 0 Å². The maximum atomic E-state index is 9.38. The third kappa shape index (κ3) is 3.41. The highest BCUT2D eigenvalue weighted by atomic mass is 16.5. The van der Waals surface area contributed by atoms with Crippen LogP contribution in [0.1, 0.15) is 26.2 Å². The second kappa shape index (κ2) is 6.43. The summed E-state index contributed by atoms with van der Waals surface area (Å²) in [6, 6.07) is 0.151. The molecule has 1 heterocycles. The van der Waals surface area contributed by atoms with Crippen molar-refractivity contribution < 1.29 is 9.84 Å². The molecule has 0 radical (unpaired) electrons. The maximum absolute atomic E-state index is 9.38. The number of methoxy groups -OCH3 is 1. The summed E-state index contributed by atoms with van der Waals surface area (Å²) in [5.41, 5.74) is 6.00. The van der Waals surface area contributed by atoms with Gasteiger partial charge >= 0.3 is 0 Å². The molecular formula is C11H24N2O2. The number of aliphatic hydroxyl groups is 1. The third-order valence-corrected chi connectivity index (χ3v) is 3.36. The van der Waals surface area contributed by atoms with Crippen LogP contribution in [0.25, 0.3) is 0 Å². The van der Waals surface area contributed by atoms with Crippen molar-refractivity contribution in [3.63, 3.8) is 0 Å². The first-order valence-corrected chi connectivity index (χ1v) is 5.86. The number of hydrogen-bond acceptors (Lipinski definition) is 4. The van der Waals surface area contributed by atoms with Crippen LogP contribution in [-0.2, 0) is 4.74 Å². The number of rotatable bonds is 5. The van der Waals surface area contributed by atoms with Crippen molar-refractivity contribution >= 4 is 0 Å². The van der Waals surface area contributed by atoms with Gasteiger partial charge in [-0.15, -0.1) is 0 Å². The minimum atomic E-state index is 0.0607. The van der Waals surface area contributed by atoms with Gasteiger partial charge in [0.15, 0.2) is 0 Å². The quantitative estimate of drug-likeness (QED) is 0.689. The predicted molar refractivity (Wildman–Crippen MR) is 60.7 cm³/mol. The van der Waals surface area contributed by atoms with Crippen LogP contribution in [0.5, 0.6) is 0 Å². The Labute approximate surface area is 92.4 Å². The fraction of sp³-hybridized carbons (Fsp3) is 1.00. The molecule has 1 fully saturated rings. The Hall–Kier alpha value is -0.160. The number of hydrogen-bond donors (Lipinski definition) is 2. The monoisotopic (exact) mass is 216 g/mol. The molecule has 0 bridgehead atoms. The van der Waals surface area contributed by atoms with Gasteiger partial charge in [0.25, 0.3) is 0 Å². The van der Waals surface area contributed by atoms with Gasteiger partial charge in [0.1, 0.15) is 0 Å². The van der Waals surface area contributed by atoms with Gasteiger partial charge in [-0.1, -0.05) is 6.92 Å². The lowest BCUT2D eigenvalue weighted by molar-refractivity contribution is -0.00286. The number of likely N-dealkylation sites (tertiary alicyclic amines) is 1. The molecule has 1 rings (SSSR count). The summed E-state index contributed by atoms with van der Waals surface area (Å²) in [7, 11) is 1.75. The van der Waals surface area contributed by atoms with Crippen molar-refractivity contribution in [2.24, 2.45) is 5.73 Å². The highest BCUT2D eigenvalue weighted by Crippen LogP contribution is 2.17. The second-order valence-corrected chi connectivity index (χ2v) is 4.32. The molecule has 4 nitrogen and oxygen atoms in total. The van der Waals surface area contributed by atoms with Crippen molar-refractivity contribution in [2.75, 3.05) is 26.8 Å². The Kier molecular flexibility index (Phi) is 5.53. The average molecular weight is 216 g/mol. The van der Waals surface area contributed by atoms with Crippen LogP contribution in [0, 0.1) is 0 Å². The van der Waals surface area contributed by atoms with Gasteiger partial charge in [-0.3, -0.25) is 4.90 Å². The molecule has 4 heteroatoms. The molecule has 3 N–H and O–H groups in total. The summed E-state index contributed by atoms with van der Waals surface area (Å²) < 4.78 is 5.37. The Bertz CT molecular complexity index is 178. The second-order valence-electron chi connectivity index (χ2n) is 4.32. The van der Waals surface area contributed by atoms with E-state index in [9.17, 15) is 5.11 Å². The van der Waals surface area contributed by atoms with Gasteiger partial charge in [-0.25, -0.2) is 0 Å². The molecule has 0 aromatic rings. The molecule has 3 atom stereocenters. The van der Waals surface area contributed by atoms with E-state index in [4.69, 9.17) is 10.5 Å². The summed E-state index contributed by atoms with van der Waals surface area (Å²) >= 11 is 0. The zero-order valence-corrected chi connectivity index (χ0v) is 9.85. The van der Waals surface area contributed by atoms with Gasteiger partial charge in [0.2, 0.25) is 0 Å². The highest BCUT2D eigenvalue weighted by molar-refractivity contribution is 4.85. The summed E-state index contributed by atoms with van der Waals surface area (Å²) in [5.74, 6) is 0. The molecule has 0 saturated carbocycles. The zero-order valence-electron chi connectivity index (χ0n) is 9.85. The van der Waals surface area contributed by atoms with E-state index in [0.29, 0.717) is 6.10 Å². The lowest BCUT2D eigenvalue weighted by Gasteiger charge is -2.39. The van der Waals surface area contributed by atoms with Gasteiger partial charge in [-0.05, 0) is 25.8 Å². The largest absolute Gasteiger partial charge is 0.395 e. The van der Waals surface area contributed by atoms with Gasteiger partial charge in [0.05, 0.1) is 12.7 Å². The summed E-state index contributed by atoms with van der Waals surface area (Å²) in [6.45, 7) is 4.13. The number of nitrogens with zero attached hydrogens (tertiary/aromatic N) is 1. The molecule has 15 heavy (non-hydrogen) atoms. The molecule has 0 aromatic carbocycles. The molecule has 0 spiro atoms. The van der Waals surface area contributed by atoms with E-state index >= 15 is 0 Å².